The average molecular weight is 355 g/mol. The topological polar surface area (TPSA) is 87.2 Å². The number of nitriles is 1. The smallest absolute Gasteiger partial charge is 0.227 e. The Kier molecular flexibility index (Phi) is 3.52. The normalized spacial score (nSPS) is 18.8. The van der Waals surface area contributed by atoms with E-state index < -0.39 is 11.8 Å². The number of halogens is 1. The highest BCUT2D eigenvalue weighted by Gasteiger charge is 2.34. The summed E-state index contributed by atoms with van der Waals surface area (Å²) in [5.41, 5.74) is 6.49. The fraction of sp³-hybridized carbons (Fsp3) is 0.250. The van der Waals surface area contributed by atoms with E-state index in [1.54, 1.807) is 23.1 Å². The summed E-state index contributed by atoms with van der Waals surface area (Å²) in [5.74, 6) is -0.986. The molecule has 2 N–H and O–H groups in total. The van der Waals surface area contributed by atoms with Crippen molar-refractivity contribution < 1.29 is 9.59 Å². The Balaban J connectivity index is 2.30. The number of hydrogen-bond acceptors (Lipinski definition) is 3. The molecule has 0 aromatic heterocycles. The average Bonchev–Trinajstić information content (AvgIpc) is 2.71. The van der Waals surface area contributed by atoms with Gasteiger partial charge in [0.2, 0.25) is 11.8 Å². The van der Waals surface area contributed by atoms with E-state index in [-0.39, 0.29) is 12.3 Å². The highest BCUT2D eigenvalue weighted by atomic mass is 127. The van der Waals surface area contributed by atoms with Crippen LogP contribution in [0.5, 0.6) is 0 Å². The molecule has 1 atom stereocenters. The minimum atomic E-state index is -0.450. The molecule has 0 bridgehead atoms. The molecule has 1 unspecified atom stereocenters. The Morgan fingerprint density at radius 3 is 2.78 bits per heavy atom. The maximum Gasteiger partial charge on any atom is 0.227 e. The Morgan fingerprint density at radius 2 is 2.28 bits per heavy atom. The zero-order chi connectivity index (χ0) is 13.3. The van der Waals surface area contributed by atoms with Gasteiger partial charge in [0, 0.05) is 16.5 Å². The molecule has 0 aliphatic carbocycles. The van der Waals surface area contributed by atoms with Gasteiger partial charge in [0.25, 0.3) is 0 Å². The number of carbonyl (C=O) groups is 2. The summed E-state index contributed by atoms with van der Waals surface area (Å²) in [6, 6.07) is 7.13. The first kappa shape index (κ1) is 12.8. The summed E-state index contributed by atoms with van der Waals surface area (Å²) in [4.78, 5) is 24.5. The summed E-state index contributed by atoms with van der Waals surface area (Å²) >= 11 is 2.07. The van der Waals surface area contributed by atoms with E-state index >= 15 is 0 Å². The zero-order valence-electron chi connectivity index (χ0n) is 9.39. The fourth-order valence-electron chi connectivity index (χ4n) is 1.93. The number of nitrogens with two attached hydrogens (primary N) is 1. The largest absolute Gasteiger partial charge is 0.369 e. The molecule has 1 aromatic carbocycles. The molecule has 2 rings (SSSR count). The summed E-state index contributed by atoms with van der Waals surface area (Å²) in [5, 5.41) is 8.79. The number of benzene rings is 1. The maximum atomic E-state index is 11.8. The van der Waals surface area contributed by atoms with Gasteiger partial charge in [-0.15, -0.1) is 0 Å². The van der Waals surface area contributed by atoms with Gasteiger partial charge >= 0.3 is 0 Å². The second-order valence-electron chi connectivity index (χ2n) is 4.09. The summed E-state index contributed by atoms with van der Waals surface area (Å²) in [7, 11) is 0. The summed E-state index contributed by atoms with van der Waals surface area (Å²) in [6.07, 6.45) is 0.158. The minimum Gasteiger partial charge on any atom is -0.369 e. The van der Waals surface area contributed by atoms with Gasteiger partial charge in [0.15, 0.2) is 0 Å². The zero-order valence-corrected chi connectivity index (χ0v) is 11.5. The molecule has 0 spiro atoms. The third-order valence-corrected chi connectivity index (χ3v) is 3.76. The van der Waals surface area contributed by atoms with Gasteiger partial charge in [0.05, 0.1) is 23.2 Å². The molecule has 2 amide bonds. The molecule has 1 aliphatic heterocycles. The van der Waals surface area contributed by atoms with Gasteiger partial charge < -0.3 is 10.6 Å². The number of primary amides is 1. The SMILES string of the molecule is N#Cc1ccc(N2CC(C(N)=O)CC2=O)c(I)c1. The van der Waals surface area contributed by atoms with E-state index in [4.69, 9.17) is 11.0 Å². The maximum absolute atomic E-state index is 11.8. The van der Waals surface area contributed by atoms with Crippen LogP contribution >= 0.6 is 22.6 Å². The van der Waals surface area contributed by atoms with Crippen LogP contribution < -0.4 is 10.6 Å². The quantitative estimate of drug-likeness (QED) is 0.803. The van der Waals surface area contributed by atoms with Crippen LogP contribution in [0.25, 0.3) is 0 Å². The van der Waals surface area contributed by atoms with E-state index in [0.717, 1.165) is 9.26 Å². The van der Waals surface area contributed by atoms with Gasteiger partial charge in [-0.1, -0.05) is 0 Å². The third kappa shape index (κ3) is 2.31. The molecule has 5 nitrogen and oxygen atoms in total. The molecule has 18 heavy (non-hydrogen) atoms. The van der Waals surface area contributed by atoms with Gasteiger partial charge in [-0.25, -0.2) is 0 Å². The van der Waals surface area contributed by atoms with Crippen LogP contribution in [-0.2, 0) is 9.59 Å². The Labute approximate surface area is 118 Å². The van der Waals surface area contributed by atoms with Crippen molar-refractivity contribution in [3.05, 3.63) is 27.3 Å². The molecule has 1 saturated heterocycles. The summed E-state index contributed by atoms with van der Waals surface area (Å²) in [6.45, 7) is 0.316. The van der Waals surface area contributed by atoms with Crippen LogP contribution in [0.2, 0.25) is 0 Å². The van der Waals surface area contributed by atoms with Crippen molar-refractivity contribution in [2.75, 3.05) is 11.4 Å². The number of nitrogens with zero attached hydrogens (tertiary/aromatic N) is 2. The number of carbonyl (C=O) groups excluding carboxylic acids is 2. The lowest BCUT2D eigenvalue weighted by atomic mass is 10.1. The number of anilines is 1. The molecule has 0 radical (unpaired) electrons. The fourth-order valence-corrected chi connectivity index (χ4v) is 2.73. The first-order chi connectivity index (χ1) is 8.52. The molecule has 1 fully saturated rings. The van der Waals surface area contributed by atoms with Crippen molar-refractivity contribution in [1.29, 1.82) is 5.26 Å². The first-order valence-electron chi connectivity index (χ1n) is 5.32. The number of amides is 2. The highest BCUT2D eigenvalue weighted by Crippen LogP contribution is 2.29. The summed E-state index contributed by atoms with van der Waals surface area (Å²) < 4.78 is 0.810. The predicted molar refractivity (Wildman–Crippen MR) is 73.5 cm³/mol. The van der Waals surface area contributed by atoms with E-state index in [1.165, 1.54) is 0 Å². The lowest BCUT2D eigenvalue weighted by Gasteiger charge is -2.18. The van der Waals surface area contributed by atoms with Crippen LogP contribution in [0.1, 0.15) is 12.0 Å². The Bertz CT molecular complexity index is 565. The molecule has 1 heterocycles. The van der Waals surface area contributed by atoms with Crippen molar-refractivity contribution >= 4 is 40.1 Å². The van der Waals surface area contributed by atoms with Crippen LogP contribution in [-0.4, -0.2) is 18.4 Å². The Hall–Kier alpha value is -1.62. The molecule has 1 aromatic rings. The molecule has 1 aliphatic rings. The van der Waals surface area contributed by atoms with Crippen LogP contribution in [0.3, 0.4) is 0 Å². The van der Waals surface area contributed by atoms with Crippen molar-refractivity contribution in [3.63, 3.8) is 0 Å². The van der Waals surface area contributed by atoms with Crippen LogP contribution in [0, 0.1) is 20.8 Å². The van der Waals surface area contributed by atoms with Gasteiger partial charge in [0.1, 0.15) is 0 Å². The van der Waals surface area contributed by atoms with Crippen molar-refractivity contribution in [2.45, 2.75) is 6.42 Å². The van der Waals surface area contributed by atoms with Gasteiger partial charge in [-0.05, 0) is 40.8 Å². The van der Waals surface area contributed by atoms with Crippen molar-refractivity contribution in [1.82, 2.24) is 0 Å². The highest BCUT2D eigenvalue weighted by molar-refractivity contribution is 14.1. The minimum absolute atomic E-state index is 0.110. The molecule has 92 valence electrons. The van der Waals surface area contributed by atoms with E-state index in [0.29, 0.717) is 12.1 Å². The van der Waals surface area contributed by atoms with Gasteiger partial charge in [-0.2, -0.15) is 5.26 Å². The Morgan fingerprint density at radius 1 is 1.56 bits per heavy atom. The molecule has 0 saturated carbocycles. The second kappa shape index (κ2) is 4.94. The van der Waals surface area contributed by atoms with Crippen molar-refractivity contribution in [3.8, 4) is 6.07 Å². The first-order valence-corrected chi connectivity index (χ1v) is 6.40. The standard InChI is InChI=1S/C12H10IN3O2/c13-9-3-7(5-14)1-2-10(9)16-6-8(12(15)18)4-11(16)17/h1-3,8H,4,6H2,(H2,15,18). The lowest BCUT2D eigenvalue weighted by molar-refractivity contribution is -0.123. The predicted octanol–water partition coefficient (Wildman–Crippen LogP) is 1.00. The van der Waals surface area contributed by atoms with E-state index in [1.807, 2.05) is 6.07 Å². The van der Waals surface area contributed by atoms with Gasteiger partial charge in [-0.3, -0.25) is 9.59 Å². The third-order valence-electron chi connectivity index (χ3n) is 2.89. The number of hydrogen-bond donors (Lipinski definition) is 1. The van der Waals surface area contributed by atoms with Crippen LogP contribution in [0.15, 0.2) is 18.2 Å². The lowest BCUT2D eigenvalue weighted by Crippen LogP contribution is -2.28. The van der Waals surface area contributed by atoms with Crippen LogP contribution in [0.4, 0.5) is 5.69 Å². The van der Waals surface area contributed by atoms with E-state index in [9.17, 15) is 9.59 Å². The van der Waals surface area contributed by atoms with E-state index in [2.05, 4.69) is 22.6 Å². The molecule has 6 heteroatoms. The molecular formula is C12H10IN3O2. The second-order valence-corrected chi connectivity index (χ2v) is 5.25. The van der Waals surface area contributed by atoms with Crippen molar-refractivity contribution in [2.24, 2.45) is 11.7 Å². The monoisotopic (exact) mass is 355 g/mol. The number of rotatable bonds is 2. The molecular weight excluding hydrogens is 345 g/mol.